The lowest BCUT2D eigenvalue weighted by molar-refractivity contribution is 0.983. The molecule has 0 spiro atoms. The van der Waals surface area contributed by atoms with Gasteiger partial charge in [0.15, 0.2) is 0 Å². The van der Waals surface area contributed by atoms with Gasteiger partial charge in [-0.25, -0.2) is 0 Å². The number of benzene rings is 4. The molecule has 0 saturated heterocycles. The normalized spacial score (nSPS) is 12.1. The molecule has 0 aliphatic rings. The fraction of sp³-hybridized carbons (Fsp3) is 0.0333. The van der Waals surface area contributed by atoms with Crippen molar-refractivity contribution in [3.05, 3.63) is 127 Å². The summed E-state index contributed by atoms with van der Waals surface area (Å²) in [7, 11) is 1.83. The summed E-state index contributed by atoms with van der Waals surface area (Å²) >= 11 is 0. The number of rotatable bonds is 3. The second kappa shape index (κ2) is 7.64. The fourth-order valence-corrected chi connectivity index (χ4v) is 4.81. The zero-order chi connectivity index (χ0) is 22.4. The van der Waals surface area contributed by atoms with Crippen LogP contribution < -0.4 is 5.49 Å². The molecule has 3 heteroatoms. The van der Waals surface area contributed by atoms with Crippen LogP contribution in [0.1, 0.15) is 5.56 Å². The summed E-state index contributed by atoms with van der Waals surface area (Å²) in [5.74, 6) is 0. The summed E-state index contributed by atoms with van der Waals surface area (Å²) in [6, 6.07) is 36.2. The van der Waals surface area contributed by atoms with Gasteiger partial charge in [-0.3, -0.25) is 4.99 Å². The minimum absolute atomic E-state index is 0.893. The molecule has 0 fully saturated rings. The number of pyridine rings is 1. The van der Waals surface area contributed by atoms with E-state index in [2.05, 4.69) is 124 Å². The van der Waals surface area contributed by atoms with Gasteiger partial charge in [0.1, 0.15) is 5.49 Å². The van der Waals surface area contributed by atoms with E-state index in [1.807, 2.05) is 13.1 Å². The molecule has 4 aromatic carbocycles. The molecule has 0 radical (unpaired) electrons. The second-order valence-corrected chi connectivity index (χ2v) is 8.19. The Bertz CT molecular complexity index is 1690. The van der Waals surface area contributed by atoms with Crippen molar-refractivity contribution >= 4 is 38.3 Å². The van der Waals surface area contributed by atoms with E-state index in [0.717, 1.165) is 27.8 Å². The van der Waals surface area contributed by atoms with Gasteiger partial charge in [0, 0.05) is 46.4 Å². The molecule has 3 nitrogen and oxygen atoms in total. The van der Waals surface area contributed by atoms with Crippen LogP contribution in [-0.2, 0) is 0 Å². The number of hydrogen-bond donors (Lipinski definition) is 0. The summed E-state index contributed by atoms with van der Waals surface area (Å²) in [4.78, 5) is 4.60. The highest BCUT2D eigenvalue weighted by Gasteiger charge is 2.13. The Labute approximate surface area is 192 Å². The van der Waals surface area contributed by atoms with Gasteiger partial charge >= 0.3 is 0 Å². The molecule has 0 bridgehead atoms. The summed E-state index contributed by atoms with van der Waals surface area (Å²) < 4.78 is 4.41. The second-order valence-electron chi connectivity index (χ2n) is 8.19. The lowest BCUT2D eigenvalue weighted by Gasteiger charge is -2.15. The number of nitrogens with zero attached hydrogens (tertiary/aromatic N) is 3. The first-order chi connectivity index (χ1) is 16.3. The van der Waals surface area contributed by atoms with Crippen LogP contribution in [0.3, 0.4) is 0 Å². The van der Waals surface area contributed by atoms with Crippen molar-refractivity contribution in [2.24, 2.45) is 4.99 Å². The van der Waals surface area contributed by atoms with Crippen molar-refractivity contribution in [1.82, 2.24) is 9.13 Å². The number of fused-ring (bicyclic) bond motifs is 4. The smallest absolute Gasteiger partial charge is 0.139 e. The molecule has 0 N–H and O–H groups in total. The highest BCUT2D eigenvalue weighted by Crippen LogP contribution is 2.32. The predicted molar refractivity (Wildman–Crippen MR) is 139 cm³/mol. The maximum absolute atomic E-state index is 4.60. The highest BCUT2D eigenvalue weighted by atomic mass is 15.0. The molecule has 2 aromatic heterocycles. The topological polar surface area (TPSA) is 22.2 Å². The van der Waals surface area contributed by atoms with Gasteiger partial charge in [-0.2, -0.15) is 0 Å². The Morgan fingerprint density at radius 1 is 0.697 bits per heavy atom. The van der Waals surface area contributed by atoms with Crippen LogP contribution >= 0.6 is 0 Å². The largest absolute Gasteiger partial charge is 0.309 e. The lowest BCUT2D eigenvalue weighted by atomic mass is 10.1. The van der Waals surface area contributed by atoms with Gasteiger partial charge in [-0.05, 0) is 35.7 Å². The average molecular weight is 426 g/mol. The highest BCUT2D eigenvalue weighted by molar-refractivity contribution is 6.09. The van der Waals surface area contributed by atoms with Gasteiger partial charge in [0.25, 0.3) is 0 Å². The standard InChI is InChI=1S/C30H23N3/c1-21(32-19-18-22-10-3-4-13-25(22)30(32)31-2)23-11-9-12-24(20-23)33-28-16-7-5-14-26(28)27-15-6-8-17-29(27)33/h3-20H,1H2,2H3. The Hall–Kier alpha value is -4.37. The minimum Gasteiger partial charge on any atom is -0.309 e. The number of para-hydroxylation sites is 2. The van der Waals surface area contributed by atoms with Crippen molar-refractivity contribution in [1.29, 1.82) is 0 Å². The van der Waals surface area contributed by atoms with Gasteiger partial charge in [-0.1, -0.05) is 79.4 Å². The molecule has 0 unspecified atom stereocenters. The third kappa shape index (κ3) is 3.01. The minimum atomic E-state index is 0.893. The van der Waals surface area contributed by atoms with Gasteiger partial charge in [0.2, 0.25) is 0 Å². The molecule has 2 heterocycles. The van der Waals surface area contributed by atoms with Crippen molar-refractivity contribution in [3.8, 4) is 5.69 Å². The summed E-state index contributed by atoms with van der Waals surface area (Å²) in [6.45, 7) is 4.45. The van der Waals surface area contributed by atoms with Crippen LogP contribution in [0.2, 0.25) is 0 Å². The molecule has 6 aromatic rings. The van der Waals surface area contributed by atoms with E-state index in [4.69, 9.17) is 0 Å². The maximum atomic E-state index is 4.60. The molecule has 6 rings (SSSR count). The molecular weight excluding hydrogens is 402 g/mol. The Kier molecular flexibility index (Phi) is 4.48. The maximum Gasteiger partial charge on any atom is 0.139 e. The molecule has 0 saturated carbocycles. The Balaban J connectivity index is 1.55. The van der Waals surface area contributed by atoms with E-state index in [0.29, 0.717) is 0 Å². The quantitative estimate of drug-likeness (QED) is 0.298. The van der Waals surface area contributed by atoms with Crippen LogP contribution in [0, 0.1) is 0 Å². The fourth-order valence-electron chi connectivity index (χ4n) is 4.81. The third-order valence-electron chi connectivity index (χ3n) is 6.35. The monoisotopic (exact) mass is 425 g/mol. The molecule has 0 amide bonds. The van der Waals surface area contributed by atoms with E-state index in [1.54, 1.807) is 0 Å². The Morgan fingerprint density at radius 2 is 1.33 bits per heavy atom. The molecule has 33 heavy (non-hydrogen) atoms. The third-order valence-corrected chi connectivity index (χ3v) is 6.35. The molecular formula is C30H23N3. The van der Waals surface area contributed by atoms with Crippen molar-refractivity contribution in [2.75, 3.05) is 7.05 Å². The summed E-state index contributed by atoms with van der Waals surface area (Å²) in [5, 5.41) is 4.80. The first kappa shape index (κ1) is 19.3. The van der Waals surface area contributed by atoms with Crippen molar-refractivity contribution < 1.29 is 0 Å². The zero-order valence-corrected chi connectivity index (χ0v) is 18.4. The average Bonchev–Trinajstić information content (AvgIpc) is 3.22. The SMILES string of the molecule is C=C(c1cccc(-n2c3ccccc3c3ccccc32)c1)n1ccc2ccccc2c1=NC. The van der Waals surface area contributed by atoms with E-state index in [1.165, 1.54) is 27.2 Å². The van der Waals surface area contributed by atoms with E-state index < -0.39 is 0 Å². The number of aromatic nitrogens is 2. The number of hydrogen-bond acceptors (Lipinski definition) is 1. The lowest BCUT2D eigenvalue weighted by Crippen LogP contribution is -2.20. The molecule has 158 valence electrons. The first-order valence-corrected chi connectivity index (χ1v) is 11.1. The van der Waals surface area contributed by atoms with Crippen molar-refractivity contribution in [2.45, 2.75) is 0 Å². The van der Waals surface area contributed by atoms with Crippen LogP contribution in [0.4, 0.5) is 0 Å². The molecule has 0 atom stereocenters. The summed E-state index contributed by atoms with van der Waals surface area (Å²) in [5.41, 5.74) is 6.36. The van der Waals surface area contributed by atoms with Gasteiger partial charge < -0.3 is 9.13 Å². The van der Waals surface area contributed by atoms with Gasteiger partial charge in [-0.15, -0.1) is 0 Å². The van der Waals surface area contributed by atoms with Gasteiger partial charge in [0.05, 0.1) is 11.0 Å². The van der Waals surface area contributed by atoms with Crippen LogP contribution in [0.15, 0.2) is 121 Å². The molecule has 0 aliphatic carbocycles. The van der Waals surface area contributed by atoms with Crippen molar-refractivity contribution in [3.63, 3.8) is 0 Å². The van der Waals surface area contributed by atoms with E-state index in [-0.39, 0.29) is 0 Å². The van der Waals surface area contributed by atoms with Crippen LogP contribution in [-0.4, -0.2) is 16.2 Å². The Morgan fingerprint density at radius 3 is 2.03 bits per heavy atom. The first-order valence-electron chi connectivity index (χ1n) is 11.1. The molecule has 0 aliphatic heterocycles. The van der Waals surface area contributed by atoms with E-state index in [9.17, 15) is 0 Å². The van der Waals surface area contributed by atoms with Crippen LogP contribution in [0.5, 0.6) is 0 Å². The summed E-state index contributed by atoms with van der Waals surface area (Å²) in [6.07, 6.45) is 2.06. The zero-order valence-electron chi connectivity index (χ0n) is 18.4. The van der Waals surface area contributed by atoms with Crippen LogP contribution in [0.25, 0.3) is 44.0 Å². The predicted octanol–water partition coefficient (Wildman–Crippen LogP) is 6.79. The van der Waals surface area contributed by atoms with E-state index >= 15 is 0 Å².